The van der Waals surface area contributed by atoms with Gasteiger partial charge in [0.05, 0.1) is 15.6 Å². The maximum absolute atomic E-state index is 12.8. The van der Waals surface area contributed by atoms with E-state index in [1.807, 2.05) is 4.90 Å². The number of nitrogens with zero attached hydrogens (tertiary/aromatic N) is 1. The molecule has 1 saturated heterocycles. The summed E-state index contributed by atoms with van der Waals surface area (Å²) in [4.78, 5) is 14.7. The van der Waals surface area contributed by atoms with Crippen molar-refractivity contribution in [2.24, 2.45) is 0 Å². The van der Waals surface area contributed by atoms with Gasteiger partial charge in [0, 0.05) is 19.1 Å². The van der Waals surface area contributed by atoms with Gasteiger partial charge in [0.1, 0.15) is 0 Å². The van der Waals surface area contributed by atoms with Gasteiger partial charge in [-0.2, -0.15) is 0 Å². The number of halogens is 2. The van der Waals surface area contributed by atoms with Crippen LogP contribution in [0.25, 0.3) is 0 Å². The molecular formula is C15H20Cl2N2O. The molecule has 5 heteroatoms. The van der Waals surface area contributed by atoms with Crippen LogP contribution in [0.15, 0.2) is 18.2 Å². The zero-order valence-electron chi connectivity index (χ0n) is 11.7. The smallest absolute Gasteiger partial charge is 0.255 e. The molecule has 0 radical (unpaired) electrons. The molecule has 1 amide bonds. The number of rotatable bonds is 4. The van der Waals surface area contributed by atoms with Gasteiger partial charge in [-0.1, -0.05) is 36.2 Å². The number of hydrogen-bond acceptors (Lipinski definition) is 2. The average Bonchev–Trinajstić information content (AvgIpc) is 2.48. The van der Waals surface area contributed by atoms with E-state index in [9.17, 15) is 4.79 Å². The minimum Gasteiger partial charge on any atom is -0.334 e. The standard InChI is InChI=1S/C15H20Cl2N2O/c1-2-9-19(11-5-4-8-18-10-11)15(20)12-6-3-7-13(16)14(12)17/h3,6-7,11,18H,2,4-5,8-10H2,1H3. The van der Waals surface area contributed by atoms with Crippen LogP contribution in [0, 0.1) is 0 Å². The SMILES string of the molecule is CCCN(C(=O)c1cccc(Cl)c1Cl)C1CCCNC1. The van der Waals surface area contributed by atoms with Crippen LogP contribution < -0.4 is 5.32 Å². The minimum absolute atomic E-state index is 0.0203. The van der Waals surface area contributed by atoms with Crippen molar-refractivity contribution in [1.29, 1.82) is 0 Å². The van der Waals surface area contributed by atoms with E-state index in [2.05, 4.69) is 12.2 Å². The van der Waals surface area contributed by atoms with Crippen LogP contribution >= 0.6 is 23.2 Å². The molecule has 1 aliphatic heterocycles. The van der Waals surface area contributed by atoms with Gasteiger partial charge in [0.25, 0.3) is 5.91 Å². The lowest BCUT2D eigenvalue weighted by atomic mass is 10.0. The zero-order chi connectivity index (χ0) is 14.5. The van der Waals surface area contributed by atoms with Gasteiger partial charge in [-0.25, -0.2) is 0 Å². The summed E-state index contributed by atoms with van der Waals surface area (Å²) in [7, 11) is 0. The Morgan fingerprint density at radius 3 is 2.90 bits per heavy atom. The second-order valence-corrected chi connectivity index (χ2v) is 5.89. The Kier molecular flexibility index (Phi) is 5.70. The third kappa shape index (κ3) is 3.46. The highest BCUT2D eigenvalue weighted by atomic mass is 35.5. The molecule has 0 spiro atoms. The number of carbonyl (C=O) groups is 1. The normalized spacial score (nSPS) is 18.9. The third-order valence-corrected chi connectivity index (χ3v) is 4.44. The highest BCUT2D eigenvalue weighted by molar-refractivity contribution is 6.43. The predicted octanol–water partition coefficient (Wildman–Crippen LogP) is 3.60. The lowest BCUT2D eigenvalue weighted by molar-refractivity contribution is 0.0649. The van der Waals surface area contributed by atoms with E-state index in [4.69, 9.17) is 23.2 Å². The molecule has 1 atom stereocenters. The van der Waals surface area contributed by atoms with Crippen molar-refractivity contribution >= 4 is 29.1 Å². The molecular weight excluding hydrogens is 295 g/mol. The lowest BCUT2D eigenvalue weighted by Crippen LogP contribution is -2.49. The molecule has 0 aromatic heterocycles. The first-order valence-electron chi connectivity index (χ1n) is 7.10. The number of benzene rings is 1. The third-order valence-electron chi connectivity index (χ3n) is 3.62. The van der Waals surface area contributed by atoms with Crippen molar-refractivity contribution in [3.8, 4) is 0 Å². The van der Waals surface area contributed by atoms with Crippen LogP contribution in [0.2, 0.25) is 10.0 Å². The highest BCUT2D eigenvalue weighted by Crippen LogP contribution is 2.27. The number of carbonyl (C=O) groups excluding carboxylic acids is 1. The fourth-order valence-corrected chi connectivity index (χ4v) is 3.00. The maximum Gasteiger partial charge on any atom is 0.255 e. The number of hydrogen-bond donors (Lipinski definition) is 1. The molecule has 1 aliphatic rings. The van der Waals surface area contributed by atoms with Crippen LogP contribution in [0.1, 0.15) is 36.5 Å². The summed E-state index contributed by atoms with van der Waals surface area (Å²) in [6.45, 7) is 4.70. The first-order chi connectivity index (χ1) is 9.65. The second-order valence-electron chi connectivity index (χ2n) is 5.10. The first-order valence-corrected chi connectivity index (χ1v) is 7.86. The van der Waals surface area contributed by atoms with E-state index in [-0.39, 0.29) is 11.9 Å². The van der Waals surface area contributed by atoms with Crippen LogP contribution in [0.4, 0.5) is 0 Å². The highest BCUT2D eigenvalue weighted by Gasteiger charge is 2.27. The molecule has 1 N–H and O–H groups in total. The second kappa shape index (κ2) is 7.30. The van der Waals surface area contributed by atoms with Crippen molar-refractivity contribution in [3.63, 3.8) is 0 Å². The van der Waals surface area contributed by atoms with E-state index in [1.165, 1.54) is 0 Å². The van der Waals surface area contributed by atoms with Crippen molar-refractivity contribution in [1.82, 2.24) is 10.2 Å². The van der Waals surface area contributed by atoms with Crippen LogP contribution in [0.3, 0.4) is 0 Å². The first kappa shape index (κ1) is 15.6. The zero-order valence-corrected chi connectivity index (χ0v) is 13.2. The van der Waals surface area contributed by atoms with Crippen molar-refractivity contribution < 1.29 is 4.79 Å². The summed E-state index contributed by atoms with van der Waals surface area (Å²) in [6, 6.07) is 5.46. The summed E-state index contributed by atoms with van der Waals surface area (Å²) in [5.74, 6) is -0.0203. The van der Waals surface area contributed by atoms with E-state index >= 15 is 0 Å². The maximum atomic E-state index is 12.8. The Balaban J connectivity index is 2.23. The van der Waals surface area contributed by atoms with Crippen molar-refractivity contribution in [2.75, 3.05) is 19.6 Å². The Morgan fingerprint density at radius 1 is 1.45 bits per heavy atom. The van der Waals surface area contributed by atoms with E-state index in [0.717, 1.165) is 38.9 Å². The molecule has 20 heavy (non-hydrogen) atoms. The fraction of sp³-hybridized carbons (Fsp3) is 0.533. The summed E-state index contributed by atoms with van der Waals surface area (Å²) in [6.07, 6.45) is 3.07. The quantitative estimate of drug-likeness (QED) is 0.921. The Morgan fingerprint density at radius 2 is 2.25 bits per heavy atom. The van der Waals surface area contributed by atoms with Gasteiger partial charge in [-0.3, -0.25) is 4.79 Å². The minimum atomic E-state index is -0.0203. The molecule has 2 rings (SSSR count). The lowest BCUT2D eigenvalue weighted by Gasteiger charge is -2.35. The van der Waals surface area contributed by atoms with Gasteiger partial charge in [-0.05, 0) is 37.9 Å². The number of amides is 1. The van der Waals surface area contributed by atoms with E-state index < -0.39 is 0 Å². The predicted molar refractivity (Wildman–Crippen MR) is 83.7 cm³/mol. The van der Waals surface area contributed by atoms with Gasteiger partial charge in [0.15, 0.2) is 0 Å². The van der Waals surface area contributed by atoms with Gasteiger partial charge >= 0.3 is 0 Å². The fourth-order valence-electron chi connectivity index (χ4n) is 2.61. The summed E-state index contributed by atoms with van der Waals surface area (Å²) < 4.78 is 0. The summed E-state index contributed by atoms with van der Waals surface area (Å²) in [5.41, 5.74) is 0.498. The van der Waals surface area contributed by atoms with Crippen LogP contribution in [-0.4, -0.2) is 36.5 Å². The van der Waals surface area contributed by atoms with Gasteiger partial charge in [-0.15, -0.1) is 0 Å². The average molecular weight is 315 g/mol. The Bertz CT molecular complexity index is 473. The molecule has 110 valence electrons. The van der Waals surface area contributed by atoms with Crippen molar-refractivity contribution in [2.45, 2.75) is 32.2 Å². The molecule has 0 aliphatic carbocycles. The summed E-state index contributed by atoms with van der Waals surface area (Å²) >= 11 is 12.2. The molecule has 1 aromatic carbocycles. The van der Waals surface area contributed by atoms with Crippen LogP contribution in [0.5, 0.6) is 0 Å². The molecule has 1 aromatic rings. The molecule has 1 unspecified atom stereocenters. The van der Waals surface area contributed by atoms with Crippen LogP contribution in [-0.2, 0) is 0 Å². The van der Waals surface area contributed by atoms with Gasteiger partial charge in [0.2, 0.25) is 0 Å². The number of piperidine rings is 1. The van der Waals surface area contributed by atoms with E-state index in [0.29, 0.717) is 15.6 Å². The Labute approximate surface area is 130 Å². The monoisotopic (exact) mass is 314 g/mol. The number of nitrogens with one attached hydrogen (secondary N) is 1. The molecule has 3 nitrogen and oxygen atoms in total. The molecule has 0 saturated carbocycles. The molecule has 0 bridgehead atoms. The van der Waals surface area contributed by atoms with Gasteiger partial charge < -0.3 is 10.2 Å². The van der Waals surface area contributed by atoms with E-state index in [1.54, 1.807) is 18.2 Å². The Hall–Kier alpha value is -0.770. The molecule has 1 fully saturated rings. The molecule has 1 heterocycles. The topological polar surface area (TPSA) is 32.3 Å². The summed E-state index contributed by atoms with van der Waals surface area (Å²) in [5, 5.41) is 4.13. The van der Waals surface area contributed by atoms with Crippen molar-refractivity contribution in [3.05, 3.63) is 33.8 Å². The largest absolute Gasteiger partial charge is 0.334 e.